The molecule has 4 aromatic carbocycles. The van der Waals surface area contributed by atoms with Gasteiger partial charge < -0.3 is 0 Å². The number of nitrogens with zero attached hydrogens (tertiary/aromatic N) is 2. The third-order valence-electron chi connectivity index (χ3n) is 5.73. The zero-order chi connectivity index (χ0) is 25.1. The molecule has 1 aliphatic rings. The van der Waals surface area contributed by atoms with Crippen LogP contribution in [0.25, 0.3) is 6.08 Å². The van der Waals surface area contributed by atoms with E-state index in [0.29, 0.717) is 11.4 Å². The Morgan fingerprint density at radius 2 is 1.08 bits per heavy atom. The molecule has 0 atom stereocenters. The first-order valence-corrected chi connectivity index (χ1v) is 12.6. The minimum Gasteiger partial charge on any atom is -0.268 e. The summed E-state index contributed by atoms with van der Waals surface area (Å²) < 4.78 is 0. The van der Waals surface area contributed by atoms with Gasteiger partial charge in [-0.05, 0) is 79.3 Å². The first kappa shape index (κ1) is 23.7. The van der Waals surface area contributed by atoms with Crippen LogP contribution in [0.3, 0.4) is 0 Å². The molecule has 1 saturated heterocycles. The molecule has 1 heterocycles. The van der Waals surface area contributed by atoms with Gasteiger partial charge in [0.2, 0.25) is 0 Å². The molecule has 176 valence electrons. The molecule has 4 aromatic rings. The van der Waals surface area contributed by atoms with Gasteiger partial charge in [0.1, 0.15) is 5.57 Å². The second-order valence-corrected chi connectivity index (χ2v) is 9.79. The number of carbonyl (C=O) groups excluding carboxylic acids is 2. The molecule has 0 aromatic heterocycles. The SMILES string of the molecule is Cc1ccc(Sc2ccc(C=C3C(=O)N(c4ccccc4)C(=S)N(c4ccccc4)C3=O)cc2)cc1. The van der Waals surface area contributed by atoms with E-state index in [1.807, 2.05) is 60.7 Å². The number of amides is 2. The van der Waals surface area contributed by atoms with E-state index in [2.05, 4.69) is 31.2 Å². The number of anilines is 2. The largest absolute Gasteiger partial charge is 0.270 e. The molecule has 4 nitrogen and oxygen atoms in total. The van der Waals surface area contributed by atoms with Crippen molar-refractivity contribution in [2.75, 3.05) is 9.80 Å². The minimum atomic E-state index is -0.443. The summed E-state index contributed by atoms with van der Waals surface area (Å²) in [6.45, 7) is 2.06. The molecule has 0 radical (unpaired) electrons. The van der Waals surface area contributed by atoms with E-state index >= 15 is 0 Å². The average Bonchev–Trinajstić information content (AvgIpc) is 2.90. The first-order valence-electron chi connectivity index (χ1n) is 11.4. The topological polar surface area (TPSA) is 40.6 Å². The van der Waals surface area contributed by atoms with Crippen LogP contribution < -0.4 is 9.80 Å². The molecule has 1 fully saturated rings. The Bertz CT molecular complexity index is 1390. The third kappa shape index (κ3) is 4.87. The molecule has 1 aliphatic heterocycles. The molecule has 2 amide bonds. The van der Waals surface area contributed by atoms with Crippen molar-refractivity contribution in [1.82, 2.24) is 0 Å². The summed E-state index contributed by atoms with van der Waals surface area (Å²) in [7, 11) is 0. The monoisotopic (exact) mass is 506 g/mol. The van der Waals surface area contributed by atoms with Gasteiger partial charge in [-0.2, -0.15) is 0 Å². The van der Waals surface area contributed by atoms with Gasteiger partial charge in [-0.3, -0.25) is 19.4 Å². The summed E-state index contributed by atoms with van der Waals surface area (Å²) in [6, 6.07) is 34.5. The van der Waals surface area contributed by atoms with E-state index in [4.69, 9.17) is 12.2 Å². The zero-order valence-electron chi connectivity index (χ0n) is 19.5. The van der Waals surface area contributed by atoms with Gasteiger partial charge in [0.05, 0.1) is 11.4 Å². The standard InChI is InChI=1S/C30H22N2O2S2/c1-21-12-16-25(17-13-21)36-26-18-14-22(15-19-26)20-27-28(33)31(23-8-4-2-5-9-23)30(35)32(29(27)34)24-10-6-3-7-11-24/h2-20H,1H3. The van der Waals surface area contributed by atoms with Crippen LogP contribution in [0.1, 0.15) is 11.1 Å². The van der Waals surface area contributed by atoms with Crippen molar-refractivity contribution >= 4 is 58.4 Å². The molecule has 6 heteroatoms. The van der Waals surface area contributed by atoms with Crippen LogP contribution in [0.15, 0.2) is 125 Å². The van der Waals surface area contributed by atoms with Gasteiger partial charge in [0, 0.05) is 9.79 Å². The average molecular weight is 507 g/mol. The van der Waals surface area contributed by atoms with Gasteiger partial charge in [-0.15, -0.1) is 0 Å². The number of aryl methyl sites for hydroxylation is 1. The van der Waals surface area contributed by atoms with Crippen molar-refractivity contribution in [2.24, 2.45) is 0 Å². The molecule has 0 saturated carbocycles. The maximum Gasteiger partial charge on any atom is 0.270 e. The van der Waals surface area contributed by atoms with E-state index in [0.717, 1.165) is 15.4 Å². The van der Waals surface area contributed by atoms with Gasteiger partial charge in [-0.1, -0.05) is 78.0 Å². The van der Waals surface area contributed by atoms with Crippen molar-refractivity contribution in [3.63, 3.8) is 0 Å². The number of benzene rings is 4. The summed E-state index contributed by atoms with van der Waals surface area (Å²) in [6.07, 6.45) is 1.64. The maximum absolute atomic E-state index is 13.6. The summed E-state index contributed by atoms with van der Waals surface area (Å²) in [4.78, 5) is 32.2. The molecule has 36 heavy (non-hydrogen) atoms. The van der Waals surface area contributed by atoms with Gasteiger partial charge in [-0.25, -0.2) is 0 Å². The van der Waals surface area contributed by atoms with Crippen molar-refractivity contribution in [3.8, 4) is 0 Å². The molecule has 0 aliphatic carbocycles. The van der Waals surface area contributed by atoms with Crippen LogP contribution in [0.2, 0.25) is 0 Å². The normalized spacial score (nSPS) is 13.8. The highest BCUT2D eigenvalue weighted by Gasteiger charge is 2.41. The summed E-state index contributed by atoms with van der Waals surface area (Å²) in [5, 5.41) is 0.129. The second-order valence-electron chi connectivity index (χ2n) is 8.28. The van der Waals surface area contributed by atoms with Crippen LogP contribution in [0, 0.1) is 6.92 Å². The Labute approximate surface area is 219 Å². The molecular weight excluding hydrogens is 484 g/mol. The Morgan fingerprint density at radius 3 is 1.56 bits per heavy atom. The zero-order valence-corrected chi connectivity index (χ0v) is 21.1. The van der Waals surface area contributed by atoms with Crippen LogP contribution in [0.5, 0.6) is 0 Å². The number of rotatable bonds is 5. The highest BCUT2D eigenvalue weighted by Crippen LogP contribution is 2.31. The highest BCUT2D eigenvalue weighted by atomic mass is 32.2. The Hall–Kier alpha value is -4.00. The molecule has 0 bridgehead atoms. The van der Waals surface area contributed by atoms with Gasteiger partial charge in [0.25, 0.3) is 11.8 Å². The maximum atomic E-state index is 13.6. The molecule has 0 unspecified atom stereocenters. The fourth-order valence-corrected chi connectivity index (χ4v) is 5.07. The lowest BCUT2D eigenvalue weighted by Crippen LogP contribution is -2.56. The number of thiocarbonyl (C=S) groups is 1. The molecule has 5 rings (SSSR count). The van der Waals surface area contributed by atoms with Gasteiger partial charge in [0.15, 0.2) is 5.11 Å². The van der Waals surface area contributed by atoms with E-state index in [-0.39, 0.29) is 10.7 Å². The van der Waals surface area contributed by atoms with Crippen LogP contribution in [0.4, 0.5) is 11.4 Å². The second kappa shape index (κ2) is 10.3. The van der Waals surface area contributed by atoms with E-state index in [1.165, 1.54) is 15.4 Å². The van der Waals surface area contributed by atoms with Crippen LogP contribution >= 0.6 is 24.0 Å². The predicted octanol–water partition coefficient (Wildman–Crippen LogP) is 6.89. The highest BCUT2D eigenvalue weighted by molar-refractivity contribution is 7.99. The number of carbonyl (C=O) groups is 2. The fourth-order valence-electron chi connectivity index (χ4n) is 3.88. The molecular formula is C30H22N2O2S2. The van der Waals surface area contributed by atoms with Crippen molar-refractivity contribution in [1.29, 1.82) is 0 Å². The summed E-state index contributed by atoms with van der Waals surface area (Å²) in [5.41, 5.74) is 3.24. The number of hydrogen-bond donors (Lipinski definition) is 0. The van der Waals surface area contributed by atoms with E-state index in [1.54, 1.807) is 42.1 Å². The van der Waals surface area contributed by atoms with E-state index < -0.39 is 11.8 Å². The summed E-state index contributed by atoms with van der Waals surface area (Å²) in [5.74, 6) is -0.886. The van der Waals surface area contributed by atoms with Gasteiger partial charge >= 0.3 is 0 Å². The first-order chi connectivity index (χ1) is 17.5. The number of hydrogen-bond acceptors (Lipinski definition) is 4. The Balaban J connectivity index is 1.50. The minimum absolute atomic E-state index is 0.0512. The van der Waals surface area contributed by atoms with Crippen molar-refractivity contribution < 1.29 is 9.59 Å². The lowest BCUT2D eigenvalue weighted by Gasteiger charge is -2.36. The fraction of sp³-hybridized carbons (Fsp3) is 0.0333. The molecule has 0 spiro atoms. The van der Waals surface area contributed by atoms with Crippen molar-refractivity contribution in [3.05, 3.63) is 126 Å². The van der Waals surface area contributed by atoms with E-state index in [9.17, 15) is 9.59 Å². The van der Waals surface area contributed by atoms with Crippen molar-refractivity contribution in [2.45, 2.75) is 16.7 Å². The predicted molar refractivity (Wildman–Crippen MR) is 150 cm³/mol. The third-order valence-corrected chi connectivity index (χ3v) is 7.11. The molecule has 0 N–H and O–H groups in total. The lowest BCUT2D eigenvalue weighted by atomic mass is 10.0. The lowest BCUT2D eigenvalue weighted by molar-refractivity contribution is -0.120. The Morgan fingerprint density at radius 1 is 0.639 bits per heavy atom. The smallest absolute Gasteiger partial charge is 0.268 e. The number of para-hydroxylation sites is 2. The Kier molecular flexibility index (Phi) is 6.80. The summed E-state index contributed by atoms with van der Waals surface area (Å²) >= 11 is 7.31. The van der Waals surface area contributed by atoms with Crippen LogP contribution in [-0.2, 0) is 9.59 Å². The quantitative estimate of drug-likeness (QED) is 0.168. The van der Waals surface area contributed by atoms with Crippen LogP contribution in [-0.4, -0.2) is 16.9 Å².